The van der Waals surface area contributed by atoms with Gasteiger partial charge in [-0.05, 0) is 66.6 Å². The number of nitrogens with zero attached hydrogens (tertiary/aromatic N) is 3. The van der Waals surface area contributed by atoms with Gasteiger partial charge in [0.15, 0.2) is 5.96 Å². The topological polar surface area (TPSA) is 78.9 Å². The molecule has 1 aromatic rings. The normalized spacial score (nSPS) is 16.3. The van der Waals surface area contributed by atoms with Crippen molar-refractivity contribution in [2.24, 2.45) is 4.99 Å². The van der Waals surface area contributed by atoms with Crippen LogP contribution in [0.25, 0.3) is 0 Å². The number of rotatable bonds is 9. The Morgan fingerprint density at radius 1 is 1.27 bits per heavy atom. The molecule has 0 saturated carbocycles. The van der Waals surface area contributed by atoms with Crippen molar-refractivity contribution in [1.29, 1.82) is 0 Å². The van der Waals surface area contributed by atoms with Gasteiger partial charge in [0.25, 0.3) is 0 Å². The number of guanidine groups is 1. The molecule has 1 aromatic heterocycles. The fourth-order valence-electron chi connectivity index (χ4n) is 3.42. The molecule has 0 amide bonds. The monoisotopic (exact) mass is 551 g/mol. The van der Waals surface area contributed by atoms with Crippen LogP contribution in [0.3, 0.4) is 0 Å². The van der Waals surface area contributed by atoms with Crippen LogP contribution >= 0.6 is 35.3 Å². The number of carbonyl (C=O) groups excluding carboxylic acids is 1. The summed E-state index contributed by atoms with van der Waals surface area (Å²) in [5, 5.41) is 7.58. The van der Waals surface area contributed by atoms with E-state index in [1.54, 1.807) is 0 Å². The molecule has 0 aromatic carbocycles. The summed E-state index contributed by atoms with van der Waals surface area (Å²) in [6, 6.07) is -0.0368. The lowest BCUT2D eigenvalue weighted by Crippen LogP contribution is -2.39. The van der Waals surface area contributed by atoms with Crippen LogP contribution in [0.2, 0.25) is 0 Å². The Bertz CT molecular complexity index is 660. The maximum absolute atomic E-state index is 12.0. The van der Waals surface area contributed by atoms with E-state index in [1.807, 2.05) is 20.8 Å². The fraction of sp³-hybridized carbons (Fsp3) is 0.762. The Kier molecular flexibility index (Phi) is 13.5. The lowest BCUT2D eigenvalue weighted by Gasteiger charge is -2.19. The van der Waals surface area contributed by atoms with Crippen molar-refractivity contribution in [2.75, 3.05) is 39.3 Å². The molecule has 1 aliphatic rings. The smallest absolute Gasteiger partial charge is 0.350 e. The fourth-order valence-corrected chi connectivity index (χ4v) is 4.38. The van der Waals surface area contributed by atoms with Crippen molar-refractivity contribution >= 4 is 47.2 Å². The largest absolute Gasteiger partial charge is 0.462 e. The average molecular weight is 552 g/mol. The summed E-state index contributed by atoms with van der Waals surface area (Å²) < 4.78 is 5.12. The Labute approximate surface area is 202 Å². The number of thiazole rings is 1. The molecular formula is C21H38IN5O2S. The number of carbonyl (C=O) groups is 1. The Hall–Kier alpha value is -0.940. The van der Waals surface area contributed by atoms with E-state index >= 15 is 0 Å². The first kappa shape index (κ1) is 27.1. The molecule has 0 aliphatic carbocycles. The molecule has 9 heteroatoms. The second-order valence-electron chi connectivity index (χ2n) is 7.42. The number of nitrogens with one attached hydrogen (secondary N) is 2. The van der Waals surface area contributed by atoms with Crippen LogP contribution < -0.4 is 10.6 Å². The lowest BCUT2D eigenvalue weighted by molar-refractivity contribution is 0.0531. The van der Waals surface area contributed by atoms with Crippen molar-refractivity contribution in [1.82, 2.24) is 20.5 Å². The number of esters is 1. The number of halogens is 1. The first-order valence-electron chi connectivity index (χ1n) is 11.0. The SMILES string of the molecule is CCNC(=NCCCN1CCCCCC1)NC(C)c1nc(C)c(C(=O)OCC)s1.I. The molecule has 1 atom stereocenters. The third kappa shape index (κ3) is 9.05. The molecule has 2 N–H and O–H groups in total. The maximum atomic E-state index is 12.0. The lowest BCUT2D eigenvalue weighted by atomic mass is 10.2. The van der Waals surface area contributed by atoms with Crippen LogP contribution in [0.4, 0.5) is 0 Å². The van der Waals surface area contributed by atoms with Gasteiger partial charge in [-0.1, -0.05) is 12.8 Å². The molecule has 2 rings (SSSR count). The summed E-state index contributed by atoms with van der Waals surface area (Å²) in [5.41, 5.74) is 0.719. The first-order valence-corrected chi connectivity index (χ1v) is 11.8. The summed E-state index contributed by atoms with van der Waals surface area (Å²) in [7, 11) is 0. The number of aromatic nitrogens is 1. The zero-order valence-electron chi connectivity index (χ0n) is 18.8. The molecule has 1 fully saturated rings. The Morgan fingerprint density at radius 2 is 1.97 bits per heavy atom. The predicted octanol–water partition coefficient (Wildman–Crippen LogP) is 4.13. The van der Waals surface area contributed by atoms with E-state index in [4.69, 9.17) is 9.73 Å². The predicted molar refractivity (Wildman–Crippen MR) is 135 cm³/mol. The highest BCUT2D eigenvalue weighted by molar-refractivity contribution is 14.0. The van der Waals surface area contributed by atoms with E-state index in [9.17, 15) is 4.79 Å². The molecule has 1 unspecified atom stereocenters. The number of hydrogen-bond donors (Lipinski definition) is 2. The third-order valence-electron chi connectivity index (χ3n) is 4.94. The molecule has 0 radical (unpaired) electrons. The summed E-state index contributed by atoms with van der Waals surface area (Å²) in [6.45, 7) is 13.3. The summed E-state index contributed by atoms with van der Waals surface area (Å²) >= 11 is 1.39. The molecule has 172 valence electrons. The first-order chi connectivity index (χ1) is 14.0. The van der Waals surface area contributed by atoms with Gasteiger partial charge in [-0.2, -0.15) is 0 Å². The van der Waals surface area contributed by atoms with Gasteiger partial charge in [0.1, 0.15) is 9.88 Å². The second-order valence-corrected chi connectivity index (χ2v) is 8.45. The van der Waals surface area contributed by atoms with E-state index in [0.717, 1.165) is 42.7 Å². The van der Waals surface area contributed by atoms with Crippen LogP contribution in [0.1, 0.15) is 79.3 Å². The molecule has 0 bridgehead atoms. The molecule has 1 saturated heterocycles. The highest BCUT2D eigenvalue weighted by Crippen LogP contribution is 2.24. The van der Waals surface area contributed by atoms with Gasteiger partial charge < -0.3 is 20.3 Å². The quantitative estimate of drug-likeness (QED) is 0.158. The standard InChI is InChI=1S/C21H37N5O2S.HI/c1-5-22-21(23-12-11-15-26-13-9-7-8-10-14-26)25-17(4)19-24-16(3)18(29-19)20(27)28-6-2;/h17H,5-15H2,1-4H3,(H2,22,23,25);1H. The van der Waals surface area contributed by atoms with Crippen molar-refractivity contribution < 1.29 is 9.53 Å². The minimum absolute atomic E-state index is 0. The number of ether oxygens (including phenoxy) is 1. The van der Waals surface area contributed by atoms with Crippen molar-refractivity contribution in [2.45, 2.75) is 65.8 Å². The second kappa shape index (κ2) is 15.0. The Morgan fingerprint density at radius 3 is 2.60 bits per heavy atom. The Balaban J connectivity index is 0.00000450. The number of aliphatic imine (C=N–C) groups is 1. The van der Waals surface area contributed by atoms with Crippen molar-refractivity contribution in [3.8, 4) is 0 Å². The molecule has 0 spiro atoms. The zero-order chi connectivity index (χ0) is 21.1. The van der Waals surface area contributed by atoms with E-state index in [-0.39, 0.29) is 36.0 Å². The van der Waals surface area contributed by atoms with Gasteiger partial charge in [-0.3, -0.25) is 4.99 Å². The van der Waals surface area contributed by atoms with Crippen molar-refractivity contribution in [3.05, 3.63) is 15.6 Å². The maximum Gasteiger partial charge on any atom is 0.350 e. The van der Waals surface area contributed by atoms with E-state index in [2.05, 4.69) is 27.4 Å². The highest BCUT2D eigenvalue weighted by Gasteiger charge is 2.20. The molecule has 1 aliphatic heterocycles. The summed E-state index contributed by atoms with van der Waals surface area (Å²) in [4.78, 5) is 24.5. The van der Waals surface area contributed by atoms with Gasteiger partial charge in [0, 0.05) is 13.1 Å². The molecule has 2 heterocycles. The van der Waals surface area contributed by atoms with Crippen molar-refractivity contribution in [3.63, 3.8) is 0 Å². The summed E-state index contributed by atoms with van der Waals surface area (Å²) in [6.07, 6.45) is 6.45. The van der Waals surface area contributed by atoms with Crippen LogP contribution in [0.5, 0.6) is 0 Å². The minimum Gasteiger partial charge on any atom is -0.462 e. The van der Waals surface area contributed by atoms with Crippen LogP contribution in [-0.4, -0.2) is 61.1 Å². The number of aryl methyl sites for hydroxylation is 1. The number of hydrogen-bond acceptors (Lipinski definition) is 6. The number of likely N-dealkylation sites (tertiary alicyclic amines) is 1. The van der Waals surface area contributed by atoms with Crippen LogP contribution in [-0.2, 0) is 4.74 Å². The van der Waals surface area contributed by atoms with E-state index in [1.165, 1.54) is 50.1 Å². The van der Waals surface area contributed by atoms with Gasteiger partial charge in [-0.15, -0.1) is 35.3 Å². The van der Waals surface area contributed by atoms with E-state index in [0.29, 0.717) is 11.5 Å². The molecule has 30 heavy (non-hydrogen) atoms. The van der Waals surface area contributed by atoms with Crippen LogP contribution in [0, 0.1) is 6.92 Å². The third-order valence-corrected chi connectivity index (χ3v) is 6.26. The average Bonchev–Trinajstić information content (AvgIpc) is 2.91. The van der Waals surface area contributed by atoms with Gasteiger partial charge in [0.05, 0.1) is 18.3 Å². The van der Waals surface area contributed by atoms with Gasteiger partial charge >= 0.3 is 5.97 Å². The van der Waals surface area contributed by atoms with Gasteiger partial charge in [-0.25, -0.2) is 9.78 Å². The minimum atomic E-state index is -0.296. The van der Waals surface area contributed by atoms with Gasteiger partial charge in [0.2, 0.25) is 0 Å². The van der Waals surface area contributed by atoms with E-state index < -0.39 is 0 Å². The molecule has 7 nitrogen and oxygen atoms in total. The van der Waals surface area contributed by atoms with Crippen LogP contribution in [0.15, 0.2) is 4.99 Å². The molecular weight excluding hydrogens is 513 g/mol. The summed E-state index contributed by atoms with van der Waals surface area (Å²) in [5.74, 6) is 0.497. The zero-order valence-corrected chi connectivity index (χ0v) is 22.0. The highest BCUT2D eigenvalue weighted by atomic mass is 127.